The summed E-state index contributed by atoms with van der Waals surface area (Å²) in [7, 11) is 0. The van der Waals surface area contributed by atoms with Crippen molar-refractivity contribution in [3.63, 3.8) is 0 Å². The summed E-state index contributed by atoms with van der Waals surface area (Å²) in [5.74, 6) is 0.833. The minimum atomic E-state index is -0.145. The number of ether oxygens (including phenoxy) is 1. The molecule has 1 atom stereocenters. The van der Waals surface area contributed by atoms with Crippen LogP contribution in [-0.4, -0.2) is 5.97 Å². The first-order valence-corrected chi connectivity index (χ1v) is 6.12. The fraction of sp³-hybridized carbons (Fsp3) is 0.533. The van der Waals surface area contributed by atoms with Crippen LogP contribution >= 0.6 is 0 Å². The van der Waals surface area contributed by atoms with Gasteiger partial charge in [0.2, 0.25) is 0 Å². The van der Waals surface area contributed by atoms with E-state index in [4.69, 9.17) is 4.74 Å². The maximum absolute atomic E-state index is 11.7. The summed E-state index contributed by atoms with van der Waals surface area (Å²) in [6.07, 6.45) is 1.50. The van der Waals surface area contributed by atoms with Crippen LogP contribution in [0.15, 0.2) is 30.3 Å². The largest absolute Gasteiger partial charge is 1.00 e. The molecular formula is C15H22NaO2+. The molecule has 0 N–H and O–H groups in total. The van der Waals surface area contributed by atoms with Crippen LogP contribution in [0.1, 0.15) is 40.5 Å². The predicted molar refractivity (Wildman–Crippen MR) is 69.9 cm³/mol. The monoisotopic (exact) mass is 257 g/mol. The van der Waals surface area contributed by atoms with Crippen molar-refractivity contribution in [3.8, 4) is 5.75 Å². The molecule has 1 aromatic rings. The zero-order chi connectivity index (χ0) is 12.9. The standard InChI is InChI=1S/C15H22O2.Na/c1-12(11-15(2,3)4)10-14(16)17-13-8-6-5-7-9-13;/h5-9,12H,10-11H2,1-4H3;/q;+1. The third-order valence-electron chi connectivity index (χ3n) is 2.45. The fourth-order valence-electron chi connectivity index (χ4n) is 2.06. The molecule has 0 saturated carbocycles. The van der Waals surface area contributed by atoms with Crippen LogP contribution in [0.4, 0.5) is 0 Å². The fourth-order valence-corrected chi connectivity index (χ4v) is 2.06. The van der Waals surface area contributed by atoms with Crippen LogP contribution in [0, 0.1) is 11.3 Å². The first-order valence-electron chi connectivity index (χ1n) is 6.12. The summed E-state index contributed by atoms with van der Waals surface area (Å²) < 4.78 is 5.26. The number of carbonyl (C=O) groups is 1. The smallest absolute Gasteiger partial charge is 0.427 e. The van der Waals surface area contributed by atoms with Gasteiger partial charge in [0.25, 0.3) is 0 Å². The molecule has 1 rings (SSSR count). The molecule has 0 amide bonds. The molecule has 0 aromatic heterocycles. The first kappa shape index (κ1) is 17.7. The Kier molecular flexibility index (Phi) is 7.84. The molecule has 0 aliphatic carbocycles. The molecule has 0 bridgehead atoms. The van der Waals surface area contributed by atoms with Crippen molar-refractivity contribution in [3.05, 3.63) is 30.3 Å². The van der Waals surface area contributed by atoms with E-state index in [2.05, 4.69) is 27.7 Å². The van der Waals surface area contributed by atoms with Crippen molar-refractivity contribution >= 4 is 5.97 Å². The molecule has 0 saturated heterocycles. The number of carbonyl (C=O) groups excluding carboxylic acids is 1. The molecule has 0 radical (unpaired) electrons. The number of benzene rings is 1. The molecule has 1 unspecified atom stereocenters. The van der Waals surface area contributed by atoms with Gasteiger partial charge in [-0.15, -0.1) is 0 Å². The Morgan fingerprint density at radius 1 is 1.22 bits per heavy atom. The second kappa shape index (κ2) is 7.98. The van der Waals surface area contributed by atoms with Crippen molar-refractivity contribution in [2.45, 2.75) is 40.5 Å². The van der Waals surface area contributed by atoms with E-state index < -0.39 is 0 Å². The van der Waals surface area contributed by atoms with Gasteiger partial charge < -0.3 is 4.74 Å². The number of esters is 1. The van der Waals surface area contributed by atoms with Crippen LogP contribution in [0.2, 0.25) is 0 Å². The summed E-state index contributed by atoms with van der Waals surface area (Å²) >= 11 is 0. The van der Waals surface area contributed by atoms with Crippen LogP contribution in [0.3, 0.4) is 0 Å². The van der Waals surface area contributed by atoms with Crippen molar-refractivity contribution < 1.29 is 39.1 Å². The van der Waals surface area contributed by atoms with Crippen LogP contribution < -0.4 is 34.3 Å². The zero-order valence-electron chi connectivity index (χ0n) is 12.2. The van der Waals surface area contributed by atoms with Crippen LogP contribution in [-0.2, 0) is 4.79 Å². The van der Waals surface area contributed by atoms with Gasteiger partial charge in [-0.05, 0) is 29.9 Å². The average Bonchev–Trinajstić information content (AvgIpc) is 2.15. The summed E-state index contributed by atoms with van der Waals surface area (Å²) in [4.78, 5) is 11.7. The van der Waals surface area contributed by atoms with Crippen molar-refractivity contribution in [2.24, 2.45) is 11.3 Å². The molecule has 2 nitrogen and oxygen atoms in total. The van der Waals surface area contributed by atoms with Gasteiger partial charge in [0.05, 0.1) is 0 Å². The molecule has 0 heterocycles. The quantitative estimate of drug-likeness (QED) is 0.458. The maximum Gasteiger partial charge on any atom is 1.00 e. The van der Waals surface area contributed by atoms with E-state index in [9.17, 15) is 4.79 Å². The van der Waals surface area contributed by atoms with Gasteiger partial charge in [0.15, 0.2) is 0 Å². The van der Waals surface area contributed by atoms with E-state index in [1.54, 1.807) is 12.1 Å². The molecule has 0 spiro atoms. The third kappa shape index (κ3) is 7.91. The molecular weight excluding hydrogens is 235 g/mol. The SMILES string of the molecule is CC(CC(=O)Oc1ccccc1)CC(C)(C)C.[Na+]. The van der Waals surface area contributed by atoms with Crippen molar-refractivity contribution in [1.29, 1.82) is 0 Å². The predicted octanol–water partition coefficient (Wildman–Crippen LogP) is 1.06. The Hall–Kier alpha value is -0.310. The minimum absolute atomic E-state index is 0. The summed E-state index contributed by atoms with van der Waals surface area (Å²) in [5.41, 5.74) is 0.256. The molecule has 0 aliphatic heterocycles. The Balaban J connectivity index is 0.00000289. The van der Waals surface area contributed by atoms with Crippen molar-refractivity contribution in [1.82, 2.24) is 0 Å². The van der Waals surface area contributed by atoms with E-state index in [1.807, 2.05) is 18.2 Å². The summed E-state index contributed by atoms with van der Waals surface area (Å²) in [6, 6.07) is 9.22. The van der Waals surface area contributed by atoms with E-state index in [1.165, 1.54) is 0 Å². The van der Waals surface area contributed by atoms with E-state index in [0.29, 0.717) is 18.1 Å². The van der Waals surface area contributed by atoms with Gasteiger partial charge in [0.1, 0.15) is 5.75 Å². The Morgan fingerprint density at radius 2 is 1.78 bits per heavy atom. The summed E-state index contributed by atoms with van der Waals surface area (Å²) in [5, 5.41) is 0. The molecule has 0 aliphatic rings. The first-order chi connectivity index (χ1) is 7.87. The zero-order valence-corrected chi connectivity index (χ0v) is 14.2. The van der Waals surface area contributed by atoms with Gasteiger partial charge in [-0.2, -0.15) is 0 Å². The van der Waals surface area contributed by atoms with Gasteiger partial charge in [-0.25, -0.2) is 0 Å². The van der Waals surface area contributed by atoms with Crippen molar-refractivity contribution in [2.75, 3.05) is 0 Å². The van der Waals surface area contributed by atoms with Gasteiger partial charge >= 0.3 is 35.5 Å². The van der Waals surface area contributed by atoms with Crippen LogP contribution in [0.5, 0.6) is 5.75 Å². The second-order valence-electron chi connectivity index (χ2n) is 5.86. The number of hydrogen-bond acceptors (Lipinski definition) is 2. The Morgan fingerprint density at radius 3 is 2.28 bits per heavy atom. The Labute approximate surface area is 132 Å². The number of hydrogen-bond donors (Lipinski definition) is 0. The molecule has 94 valence electrons. The maximum atomic E-state index is 11.7. The van der Waals surface area contributed by atoms with E-state index in [0.717, 1.165) is 6.42 Å². The minimum Gasteiger partial charge on any atom is -0.427 e. The molecule has 3 heteroatoms. The molecule has 0 fully saturated rings. The summed E-state index contributed by atoms with van der Waals surface area (Å²) in [6.45, 7) is 8.65. The number of para-hydroxylation sites is 1. The van der Waals surface area contributed by atoms with Gasteiger partial charge in [-0.1, -0.05) is 45.9 Å². The van der Waals surface area contributed by atoms with Crippen LogP contribution in [0.25, 0.3) is 0 Å². The Bertz CT molecular complexity index is 355. The molecule has 18 heavy (non-hydrogen) atoms. The number of rotatable bonds is 4. The average molecular weight is 257 g/mol. The van der Waals surface area contributed by atoms with Gasteiger partial charge in [-0.3, -0.25) is 4.79 Å². The topological polar surface area (TPSA) is 26.3 Å². The van der Waals surface area contributed by atoms with Gasteiger partial charge in [0, 0.05) is 6.42 Å². The molecule has 1 aromatic carbocycles. The normalized spacial score (nSPS) is 12.4. The second-order valence-corrected chi connectivity index (χ2v) is 5.86. The van der Waals surface area contributed by atoms with E-state index >= 15 is 0 Å². The van der Waals surface area contributed by atoms with E-state index in [-0.39, 0.29) is 40.9 Å². The third-order valence-corrected chi connectivity index (χ3v) is 2.45.